The number of rotatable bonds is 12. The molecule has 0 heterocycles. The monoisotopic (exact) mass is 604 g/mol. The van der Waals surface area contributed by atoms with Crippen molar-refractivity contribution in [1.82, 2.24) is 0 Å². The molecule has 1 atom stereocenters. The normalized spacial score (nSPS) is 16.9. The van der Waals surface area contributed by atoms with Gasteiger partial charge in [-0.25, -0.2) is 9.59 Å². The molecule has 0 aromatic carbocycles. The Morgan fingerprint density at radius 3 is 1.29 bits per heavy atom. The van der Waals surface area contributed by atoms with Crippen LogP contribution in [0, 0.1) is 0 Å². The van der Waals surface area contributed by atoms with Gasteiger partial charge in [-0.05, 0) is 13.3 Å². The quantitative estimate of drug-likeness (QED) is 0.152. The van der Waals surface area contributed by atoms with Crippen LogP contribution in [-0.2, 0) is 14.3 Å². The van der Waals surface area contributed by atoms with Crippen molar-refractivity contribution in [3.63, 3.8) is 0 Å². The van der Waals surface area contributed by atoms with E-state index in [1.807, 2.05) is 0 Å². The fourth-order valence-electron chi connectivity index (χ4n) is 2.43. The van der Waals surface area contributed by atoms with Crippen LogP contribution < -0.4 is 0 Å². The Kier molecular flexibility index (Phi) is 9.25. The number of carbonyl (C=O) groups is 2. The van der Waals surface area contributed by atoms with Crippen molar-refractivity contribution in [2.75, 3.05) is 0 Å². The Balaban J connectivity index is 6.65. The number of aliphatic carboxylic acids is 1. The van der Waals surface area contributed by atoms with Gasteiger partial charge in [0, 0.05) is 12.2 Å². The van der Waals surface area contributed by atoms with Crippen LogP contribution >= 0.6 is 0 Å². The third kappa shape index (κ3) is 5.59. The van der Waals surface area contributed by atoms with Gasteiger partial charge < -0.3 is 9.84 Å². The predicted molar refractivity (Wildman–Crippen MR) is 86.9 cm³/mol. The number of ether oxygens (including phenoxy) is 1. The summed E-state index contributed by atoms with van der Waals surface area (Å²) in [6, 6.07) is 0. The molecule has 21 heteroatoms. The summed E-state index contributed by atoms with van der Waals surface area (Å²) in [6.07, 6.45) is -12.0. The highest BCUT2D eigenvalue weighted by Gasteiger charge is 2.95. The van der Waals surface area contributed by atoms with Gasteiger partial charge in [0.1, 0.15) is 5.60 Å². The van der Waals surface area contributed by atoms with Crippen molar-refractivity contribution in [3.8, 4) is 0 Å². The van der Waals surface area contributed by atoms with E-state index in [-0.39, 0.29) is 19.1 Å². The molecule has 0 radical (unpaired) electrons. The number of alkyl halides is 17. The van der Waals surface area contributed by atoms with E-state index in [0.29, 0.717) is 6.92 Å². The molecule has 4 nitrogen and oxygen atoms in total. The first kappa shape index (κ1) is 35.5. The summed E-state index contributed by atoms with van der Waals surface area (Å²) in [6.45, 7) is 0.926. The van der Waals surface area contributed by atoms with Crippen LogP contribution in [0.4, 0.5) is 74.6 Å². The molecule has 0 saturated carbocycles. The number of halogens is 17. The zero-order chi connectivity index (χ0) is 31.2. The largest absolute Gasteiger partial charge is 0.478 e. The zero-order valence-corrected chi connectivity index (χ0v) is 18.2. The van der Waals surface area contributed by atoms with Crippen molar-refractivity contribution in [2.45, 2.75) is 79.9 Å². The van der Waals surface area contributed by atoms with E-state index in [1.165, 1.54) is 0 Å². The minimum absolute atomic E-state index is 0.0150. The highest BCUT2D eigenvalue weighted by Crippen LogP contribution is 2.64. The second-order valence-electron chi connectivity index (χ2n) is 7.72. The Bertz CT molecular complexity index is 922. The SMILES string of the molecule is CCC(C)(CC(F)(F)C(F)(F)C(F)(F)C(F)(F)C(F)(F)C(F)(F)C(F)(F)C(F)(F)F)OC(=O)C=CC(=O)O. The van der Waals surface area contributed by atoms with Gasteiger partial charge in [0.2, 0.25) is 0 Å². The van der Waals surface area contributed by atoms with Gasteiger partial charge in [0.05, 0.1) is 6.42 Å². The van der Waals surface area contributed by atoms with Crippen LogP contribution in [0.1, 0.15) is 26.7 Å². The van der Waals surface area contributed by atoms with E-state index >= 15 is 0 Å². The van der Waals surface area contributed by atoms with Crippen molar-refractivity contribution < 1.29 is 94.1 Å². The van der Waals surface area contributed by atoms with Gasteiger partial charge in [-0.15, -0.1) is 0 Å². The average Bonchev–Trinajstić information content (AvgIpc) is 2.69. The number of carbonyl (C=O) groups excluding carboxylic acids is 1. The number of hydrogen-bond acceptors (Lipinski definition) is 3. The average molecular weight is 604 g/mol. The maximum Gasteiger partial charge on any atom is 0.460 e. The lowest BCUT2D eigenvalue weighted by Crippen LogP contribution is -2.74. The summed E-state index contributed by atoms with van der Waals surface area (Å²) in [5.74, 6) is -61.3. The smallest absolute Gasteiger partial charge is 0.460 e. The van der Waals surface area contributed by atoms with E-state index < -0.39 is 78.0 Å². The molecule has 0 spiro atoms. The highest BCUT2D eigenvalue weighted by molar-refractivity contribution is 5.90. The van der Waals surface area contributed by atoms with Crippen LogP contribution in [0.5, 0.6) is 0 Å². The minimum atomic E-state index is -8.75. The van der Waals surface area contributed by atoms with E-state index in [2.05, 4.69) is 4.74 Å². The number of carboxylic acid groups (broad SMARTS) is 1. The second-order valence-corrected chi connectivity index (χ2v) is 7.72. The van der Waals surface area contributed by atoms with Gasteiger partial charge in [-0.2, -0.15) is 74.6 Å². The fraction of sp³-hybridized carbons (Fsp3) is 0.765. The summed E-state index contributed by atoms with van der Waals surface area (Å²) in [5, 5.41) is 8.30. The van der Waals surface area contributed by atoms with Crippen molar-refractivity contribution in [2.24, 2.45) is 0 Å². The second kappa shape index (κ2) is 9.91. The molecule has 0 rings (SSSR count). The first-order valence-electron chi connectivity index (χ1n) is 9.18. The lowest BCUT2D eigenvalue weighted by molar-refractivity contribution is -0.462. The fourth-order valence-corrected chi connectivity index (χ4v) is 2.43. The summed E-state index contributed by atoms with van der Waals surface area (Å²) in [7, 11) is 0. The van der Waals surface area contributed by atoms with Crippen molar-refractivity contribution in [1.29, 1.82) is 0 Å². The molecule has 1 unspecified atom stereocenters. The maximum atomic E-state index is 14.2. The molecule has 0 aromatic rings. The number of esters is 1. The summed E-state index contributed by atoms with van der Waals surface area (Å²) in [4.78, 5) is 21.7. The summed E-state index contributed by atoms with van der Waals surface area (Å²) >= 11 is 0. The standard InChI is InChI=1S/C17H13F17O4/c1-3-9(2,38-8(37)5-4-7(35)36)6-10(18,19)11(20,21)12(22,23)13(24,25)14(26,27)15(28,29)16(30,31)17(32,33)34/h4-5H,3,6H2,1-2H3,(H,35,36). The summed E-state index contributed by atoms with van der Waals surface area (Å²) < 4.78 is 231. The topological polar surface area (TPSA) is 63.6 Å². The molecule has 0 saturated heterocycles. The van der Waals surface area contributed by atoms with Crippen LogP contribution in [0.25, 0.3) is 0 Å². The van der Waals surface area contributed by atoms with Crippen molar-refractivity contribution >= 4 is 11.9 Å². The lowest BCUT2D eigenvalue weighted by Gasteiger charge is -2.43. The summed E-state index contributed by atoms with van der Waals surface area (Å²) in [5.41, 5.74) is -3.13. The predicted octanol–water partition coefficient (Wildman–Crippen LogP) is 6.74. The molecule has 1 N–H and O–H groups in total. The van der Waals surface area contributed by atoms with Crippen LogP contribution in [0.15, 0.2) is 12.2 Å². The van der Waals surface area contributed by atoms with Gasteiger partial charge in [-0.3, -0.25) is 0 Å². The lowest BCUT2D eigenvalue weighted by atomic mass is 9.85. The molecule has 0 fully saturated rings. The zero-order valence-electron chi connectivity index (χ0n) is 18.2. The van der Waals surface area contributed by atoms with Crippen molar-refractivity contribution in [3.05, 3.63) is 12.2 Å². The van der Waals surface area contributed by atoms with Gasteiger partial charge in [-0.1, -0.05) is 6.92 Å². The Labute approximate surface area is 199 Å². The molecular formula is C17H13F17O4. The minimum Gasteiger partial charge on any atom is -0.478 e. The molecule has 0 amide bonds. The number of carboxylic acids is 1. The first-order chi connectivity index (χ1) is 16.3. The van der Waals surface area contributed by atoms with E-state index in [9.17, 15) is 84.2 Å². The molecule has 0 bridgehead atoms. The van der Waals surface area contributed by atoms with E-state index in [0.717, 1.165) is 0 Å². The highest BCUT2D eigenvalue weighted by atomic mass is 19.4. The molecule has 0 aliphatic rings. The molecule has 0 aliphatic heterocycles. The van der Waals surface area contributed by atoms with E-state index in [1.54, 1.807) is 0 Å². The Morgan fingerprint density at radius 1 is 0.632 bits per heavy atom. The Morgan fingerprint density at radius 2 is 0.974 bits per heavy atom. The Hall–Kier alpha value is -2.51. The number of hydrogen-bond donors (Lipinski definition) is 1. The maximum absolute atomic E-state index is 14.2. The molecule has 224 valence electrons. The van der Waals surface area contributed by atoms with Gasteiger partial charge in [0.25, 0.3) is 0 Å². The van der Waals surface area contributed by atoms with Crippen LogP contribution in [0.3, 0.4) is 0 Å². The first-order valence-corrected chi connectivity index (χ1v) is 9.18. The van der Waals surface area contributed by atoms with Gasteiger partial charge in [0.15, 0.2) is 0 Å². The molecular weight excluding hydrogens is 591 g/mol. The molecule has 0 aliphatic carbocycles. The third-order valence-corrected chi connectivity index (χ3v) is 4.84. The van der Waals surface area contributed by atoms with Gasteiger partial charge >= 0.3 is 59.6 Å². The van der Waals surface area contributed by atoms with Crippen LogP contribution in [0.2, 0.25) is 0 Å². The van der Waals surface area contributed by atoms with E-state index in [4.69, 9.17) is 5.11 Å². The third-order valence-electron chi connectivity index (χ3n) is 4.84. The molecule has 0 aromatic heterocycles. The van der Waals surface area contributed by atoms with Crippen LogP contribution in [-0.4, -0.2) is 70.3 Å². The molecule has 38 heavy (non-hydrogen) atoms.